The van der Waals surface area contributed by atoms with Gasteiger partial charge in [-0.15, -0.1) is 0 Å². The Kier molecular flexibility index (Phi) is 9.97. The van der Waals surface area contributed by atoms with Crippen LogP contribution < -0.4 is 5.32 Å². The number of benzene rings is 1. The summed E-state index contributed by atoms with van der Waals surface area (Å²) in [7, 11) is 1.81. The second kappa shape index (κ2) is 13.0. The van der Waals surface area contributed by atoms with E-state index < -0.39 is 17.3 Å². The molecule has 1 saturated carbocycles. The first-order chi connectivity index (χ1) is 18.2. The Morgan fingerprint density at radius 3 is 2.45 bits per heavy atom. The zero-order valence-corrected chi connectivity index (χ0v) is 23.7. The average Bonchev–Trinajstić information content (AvgIpc) is 3.33. The lowest BCUT2D eigenvalue weighted by atomic mass is 9.69. The maximum Gasteiger partial charge on any atom is 0.358 e. The maximum atomic E-state index is 13.0. The lowest BCUT2D eigenvalue weighted by Crippen LogP contribution is -2.53. The molecule has 1 aromatic rings. The van der Waals surface area contributed by atoms with Crippen molar-refractivity contribution in [2.75, 3.05) is 39.9 Å². The van der Waals surface area contributed by atoms with Gasteiger partial charge < -0.3 is 14.8 Å². The quantitative estimate of drug-likeness (QED) is 0.260. The SMILES string of the molecule is CCOC(=O)[C@@H]1C[C@H]2C[C@@H](CN3C[C@@H]([N+](C)(Cc4ccccc4)S(=O)O)C[C@H]3C(=O)OCC)CC[C@H]2CN1. The summed E-state index contributed by atoms with van der Waals surface area (Å²) in [6.45, 7) is 6.92. The van der Waals surface area contributed by atoms with E-state index in [2.05, 4.69) is 10.2 Å². The Morgan fingerprint density at radius 2 is 1.76 bits per heavy atom. The van der Waals surface area contributed by atoms with Crippen molar-refractivity contribution in [1.82, 2.24) is 10.2 Å². The van der Waals surface area contributed by atoms with Gasteiger partial charge in [0, 0.05) is 18.5 Å². The molecule has 3 fully saturated rings. The molecule has 4 rings (SSSR count). The van der Waals surface area contributed by atoms with Gasteiger partial charge in [0.15, 0.2) is 0 Å². The van der Waals surface area contributed by atoms with E-state index in [1.54, 1.807) is 0 Å². The molecule has 0 amide bonds. The van der Waals surface area contributed by atoms with Crippen LogP contribution >= 0.6 is 0 Å². The number of carbonyl (C=O) groups excluding carboxylic acids is 2. The first-order valence-electron chi connectivity index (χ1n) is 14.1. The highest BCUT2D eigenvalue weighted by Crippen LogP contribution is 2.40. The standard InChI is InChI=1S/C28H43N3O6S/c1-4-36-27(32)25-14-23-13-21(11-12-22(23)16-29-25)17-30-18-24(15-26(30)28(33)37-5-2)31(3,38(34)35)19-20-9-7-6-8-10-20/h6-10,21-26,29H,4-5,11-19H2,1-3H3/p+1/t21-,22-,23+,24-,25-,26-,31?/m0/s1. The van der Waals surface area contributed by atoms with Crippen molar-refractivity contribution >= 4 is 23.2 Å². The van der Waals surface area contributed by atoms with E-state index in [9.17, 15) is 18.4 Å². The van der Waals surface area contributed by atoms with Crippen molar-refractivity contribution in [3.05, 3.63) is 35.9 Å². The molecule has 0 bridgehead atoms. The number of fused-ring (bicyclic) bond motifs is 1. The minimum absolute atomic E-state index is 0.0569. The van der Waals surface area contributed by atoms with E-state index in [1.165, 1.54) is 0 Å². The van der Waals surface area contributed by atoms with Crippen LogP contribution in [-0.2, 0) is 36.9 Å². The number of nitrogens with zero attached hydrogens (tertiary/aromatic N) is 2. The Hall–Kier alpha value is -1.85. The largest absolute Gasteiger partial charge is 0.465 e. The molecule has 2 saturated heterocycles. The van der Waals surface area contributed by atoms with Crippen LogP contribution in [0.5, 0.6) is 0 Å². The second-order valence-corrected chi connectivity index (χ2v) is 12.6. The molecule has 38 heavy (non-hydrogen) atoms. The van der Waals surface area contributed by atoms with Gasteiger partial charge in [-0.25, -0.2) is 3.89 Å². The summed E-state index contributed by atoms with van der Waals surface area (Å²) < 4.78 is 33.8. The Bertz CT molecular complexity index is 981. The van der Waals surface area contributed by atoms with Gasteiger partial charge in [0.05, 0.1) is 26.8 Å². The summed E-state index contributed by atoms with van der Waals surface area (Å²) >= 11 is -2.12. The first-order valence-corrected chi connectivity index (χ1v) is 15.1. The minimum atomic E-state index is -2.12. The third-order valence-corrected chi connectivity index (χ3v) is 10.0. The zero-order chi connectivity index (χ0) is 27.3. The van der Waals surface area contributed by atoms with Gasteiger partial charge in [-0.1, -0.05) is 30.3 Å². The van der Waals surface area contributed by atoms with Crippen LogP contribution in [0.3, 0.4) is 0 Å². The Morgan fingerprint density at radius 1 is 1.05 bits per heavy atom. The number of quaternary nitrogens is 1. The molecule has 2 aliphatic heterocycles. The predicted octanol–water partition coefficient (Wildman–Crippen LogP) is 2.73. The number of likely N-dealkylation sites (N-methyl/N-ethyl adjacent to an activating group) is 1. The van der Waals surface area contributed by atoms with Crippen LogP contribution in [0, 0.1) is 17.8 Å². The molecule has 2 heterocycles. The van der Waals surface area contributed by atoms with Crippen molar-refractivity contribution in [3.8, 4) is 0 Å². The van der Waals surface area contributed by atoms with Crippen LogP contribution in [0.4, 0.5) is 0 Å². The van der Waals surface area contributed by atoms with E-state index in [0.29, 0.717) is 50.5 Å². The number of hydrogen-bond donors (Lipinski definition) is 2. The van der Waals surface area contributed by atoms with E-state index >= 15 is 0 Å². The third-order valence-electron chi connectivity index (χ3n) is 8.89. The number of ether oxygens (including phenoxy) is 2. The normalized spacial score (nSPS) is 32.1. The van der Waals surface area contributed by atoms with Crippen LogP contribution in [0.15, 0.2) is 30.3 Å². The summed E-state index contributed by atoms with van der Waals surface area (Å²) in [5.74, 6) is 1.01. The van der Waals surface area contributed by atoms with Crippen molar-refractivity contribution in [3.63, 3.8) is 0 Å². The topological polar surface area (TPSA) is 105 Å². The fraction of sp³-hybridized carbons (Fsp3) is 0.714. The molecule has 10 heteroatoms. The molecule has 8 atom stereocenters. The van der Waals surface area contributed by atoms with Gasteiger partial charge in [0.25, 0.3) is 0 Å². The van der Waals surface area contributed by atoms with Gasteiger partial charge in [-0.3, -0.25) is 19.0 Å². The van der Waals surface area contributed by atoms with Crippen LogP contribution in [-0.4, -0.2) is 87.5 Å². The molecule has 2 N–H and O–H groups in total. The minimum Gasteiger partial charge on any atom is -0.465 e. The summed E-state index contributed by atoms with van der Waals surface area (Å²) in [6.07, 6.45) is 4.47. The second-order valence-electron chi connectivity index (χ2n) is 11.3. The smallest absolute Gasteiger partial charge is 0.358 e. The fourth-order valence-electron chi connectivity index (χ4n) is 6.80. The Balaban J connectivity index is 1.46. The molecule has 0 radical (unpaired) electrons. The number of rotatable bonds is 10. The number of hydrogen-bond acceptors (Lipinski definition) is 7. The molecule has 1 aliphatic carbocycles. The fourth-order valence-corrected chi connectivity index (χ4v) is 7.47. The molecular weight excluding hydrogens is 506 g/mol. The summed E-state index contributed by atoms with van der Waals surface area (Å²) in [5.41, 5.74) is 0.990. The molecule has 1 aromatic carbocycles. The number of carbonyl (C=O) groups is 2. The highest BCUT2D eigenvalue weighted by molar-refractivity contribution is 7.73. The van der Waals surface area contributed by atoms with E-state index in [0.717, 1.165) is 44.3 Å². The van der Waals surface area contributed by atoms with Crippen LogP contribution in [0.1, 0.15) is 51.5 Å². The molecule has 212 valence electrons. The lowest BCUT2D eigenvalue weighted by molar-refractivity contribution is -0.824. The molecule has 3 aliphatic rings. The van der Waals surface area contributed by atoms with Crippen molar-refractivity contribution < 1.29 is 31.7 Å². The number of likely N-dealkylation sites (tertiary alicyclic amines) is 1. The van der Waals surface area contributed by atoms with Crippen molar-refractivity contribution in [2.45, 2.75) is 70.6 Å². The van der Waals surface area contributed by atoms with Crippen molar-refractivity contribution in [2.24, 2.45) is 17.8 Å². The lowest BCUT2D eigenvalue weighted by Gasteiger charge is -2.43. The van der Waals surface area contributed by atoms with E-state index in [4.69, 9.17) is 9.47 Å². The van der Waals surface area contributed by atoms with Gasteiger partial charge in [0.1, 0.15) is 24.7 Å². The summed E-state index contributed by atoms with van der Waals surface area (Å²) in [6, 6.07) is 8.91. The van der Waals surface area contributed by atoms with Gasteiger partial charge >= 0.3 is 23.2 Å². The molecule has 0 spiro atoms. The molecular formula is C28H44N3O6S+. The summed E-state index contributed by atoms with van der Waals surface area (Å²) in [4.78, 5) is 27.6. The number of nitrogens with one attached hydrogen (secondary N) is 1. The highest BCUT2D eigenvalue weighted by Gasteiger charge is 2.50. The van der Waals surface area contributed by atoms with Crippen molar-refractivity contribution in [1.29, 1.82) is 0 Å². The van der Waals surface area contributed by atoms with E-state index in [-0.39, 0.29) is 27.9 Å². The van der Waals surface area contributed by atoms with E-state index in [1.807, 2.05) is 51.2 Å². The van der Waals surface area contributed by atoms with Gasteiger partial charge in [0.2, 0.25) is 0 Å². The summed E-state index contributed by atoms with van der Waals surface area (Å²) in [5, 5.41) is 3.38. The van der Waals surface area contributed by atoms with Crippen LogP contribution in [0.2, 0.25) is 0 Å². The Labute approximate surface area is 229 Å². The molecule has 2 unspecified atom stereocenters. The number of esters is 2. The highest BCUT2D eigenvalue weighted by atomic mass is 32.2. The monoisotopic (exact) mass is 550 g/mol. The molecule has 9 nitrogen and oxygen atoms in total. The third kappa shape index (κ3) is 6.65. The molecule has 0 aromatic heterocycles. The predicted molar refractivity (Wildman–Crippen MR) is 145 cm³/mol. The van der Waals surface area contributed by atoms with Crippen LogP contribution in [0.25, 0.3) is 0 Å². The maximum absolute atomic E-state index is 13.0. The number of piperidine rings is 1. The average molecular weight is 551 g/mol. The van der Waals surface area contributed by atoms with Gasteiger partial charge in [-0.05, 0) is 63.8 Å². The van der Waals surface area contributed by atoms with Gasteiger partial charge in [-0.2, -0.15) is 4.21 Å². The first kappa shape index (κ1) is 29.1. The zero-order valence-electron chi connectivity index (χ0n) is 22.9.